The van der Waals surface area contributed by atoms with Gasteiger partial charge < -0.3 is 9.73 Å². The fourth-order valence-electron chi connectivity index (χ4n) is 2.16. The molecule has 5 nitrogen and oxygen atoms in total. The summed E-state index contributed by atoms with van der Waals surface area (Å²) < 4.78 is 27.9. The molecule has 0 saturated carbocycles. The van der Waals surface area contributed by atoms with Crippen LogP contribution in [0.5, 0.6) is 0 Å². The van der Waals surface area contributed by atoms with Crippen LogP contribution >= 0.6 is 10.7 Å². The van der Waals surface area contributed by atoms with Gasteiger partial charge in [-0.1, -0.05) is 33.1 Å². The molecule has 1 amide bonds. The summed E-state index contributed by atoms with van der Waals surface area (Å²) >= 11 is 0. The molecule has 1 rings (SSSR count). The van der Waals surface area contributed by atoms with Crippen LogP contribution in [0.25, 0.3) is 0 Å². The second-order valence-corrected chi connectivity index (χ2v) is 7.60. The van der Waals surface area contributed by atoms with Crippen LogP contribution in [-0.2, 0) is 9.05 Å². The van der Waals surface area contributed by atoms with Crippen molar-refractivity contribution in [2.45, 2.75) is 63.8 Å². The maximum absolute atomic E-state index is 12.1. The highest BCUT2D eigenvalue weighted by atomic mass is 35.7. The quantitative estimate of drug-likeness (QED) is 0.736. The first kappa shape index (κ1) is 18.0. The van der Waals surface area contributed by atoms with Crippen LogP contribution in [0.1, 0.15) is 62.3 Å². The maximum Gasteiger partial charge on any atom is 0.287 e. The number of nitrogens with one attached hydrogen (secondary N) is 1. The van der Waals surface area contributed by atoms with Crippen molar-refractivity contribution in [3.8, 4) is 0 Å². The predicted molar refractivity (Wildman–Crippen MR) is 82.2 cm³/mol. The summed E-state index contributed by atoms with van der Waals surface area (Å²) in [5.41, 5.74) is 0. The summed E-state index contributed by atoms with van der Waals surface area (Å²) in [4.78, 5) is 12.0. The smallest absolute Gasteiger partial charge is 0.287 e. The minimum Gasteiger partial charge on any atom is -0.455 e. The molecule has 0 aliphatic carbocycles. The molecule has 0 bridgehead atoms. The van der Waals surface area contributed by atoms with Gasteiger partial charge in [0.15, 0.2) is 5.76 Å². The van der Waals surface area contributed by atoms with Crippen LogP contribution in [0.2, 0.25) is 0 Å². The van der Waals surface area contributed by atoms with Crippen LogP contribution in [0.3, 0.4) is 0 Å². The molecule has 1 aromatic heterocycles. The molecule has 0 saturated heterocycles. The molecular formula is C14H22ClNO4S. The Morgan fingerprint density at radius 2 is 2.00 bits per heavy atom. The molecule has 120 valence electrons. The molecule has 21 heavy (non-hydrogen) atoms. The van der Waals surface area contributed by atoms with Crippen molar-refractivity contribution in [2.75, 3.05) is 0 Å². The third-order valence-electron chi connectivity index (χ3n) is 3.24. The zero-order chi connectivity index (χ0) is 16.0. The largest absolute Gasteiger partial charge is 0.455 e. The average molecular weight is 336 g/mol. The minimum atomic E-state index is -3.90. The lowest BCUT2D eigenvalue weighted by Crippen LogP contribution is -2.34. The third kappa shape index (κ3) is 5.36. The van der Waals surface area contributed by atoms with Gasteiger partial charge in [0.05, 0.1) is 0 Å². The minimum absolute atomic E-state index is 0.0238. The number of furan rings is 1. The predicted octanol–water partition coefficient (Wildman–Crippen LogP) is 3.60. The summed E-state index contributed by atoms with van der Waals surface area (Å²) in [6.45, 7) is 5.62. The van der Waals surface area contributed by atoms with Gasteiger partial charge >= 0.3 is 0 Å². The SMILES string of the molecule is CCCCC(CCC)NC(=O)c1cc(S(=O)(=O)Cl)c(C)o1. The molecule has 0 aliphatic heterocycles. The molecule has 1 heterocycles. The van der Waals surface area contributed by atoms with Crippen molar-refractivity contribution in [1.29, 1.82) is 0 Å². The molecule has 7 heteroatoms. The Morgan fingerprint density at radius 3 is 2.48 bits per heavy atom. The molecule has 0 fully saturated rings. The van der Waals surface area contributed by atoms with Crippen molar-refractivity contribution in [2.24, 2.45) is 0 Å². The fourth-order valence-corrected chi connectivity index (χ4v) is 3.26. The maximum atomic E-state index is 12.1. The lowest BCUT2D eigenvalue weighted by atomic mass is 10.1. The van der Waals surface area contributed by atoms with E-state index in [4.69, 9.17) is 15.1 Å². The van der Waals surface area contributed by atoms with Gasteiger partial charge in [0.2, 0.25) is 0 Å². The van der Waals surface area contributed by atoms with Gasteiger partial charge in [-0.05, 0) is 19.8 Å². The van der Waals surface area contributed by atoms with E-state index in [1.165, 1.54) is 13.0 Å². The number of carbonyl (C=O) groups is 1. The summed E-state index contributed by atoms with van der Waals surface area (Å²) in [5.74, 6) is -0.306. The van der Waals surface area contributed by atoms with Crippen LogP contribution in [0.4, 0.5) is 0 Å². The van der Waals surface area contributed by atoms with Crippen LogP contribution < -0.4 is 5.32 Å². The van der Waals surface area contributed by atoms with E-state index in [9.17, 15) is 13.2 Å². The Balaban J connectivity index is 2.83. The Hall–Kier alpha value is -1.01. The highest BCUT2D eigenvalue weighted by molar-refractivity contribution is 8.13. The number of hydrogen-bond donors (Lipinski definition) is 1. The monoisotopic (exact) mass is 335 g/mol. The number of halogens is 1. The fraction of sp³-hybridized carbons (Fsp3) is 0.643. The van der Waals surface area contributed by atoms with E-state index in [0.717, 1.165) is 32.1 Å². The second kappa shape index (κ2) is 7.84. The van der Waals surface area contributed by atoms with E-state index in [1.807, 2.05) is 0 Å². The summed E-state index contributed by atoms with van der Waals surface area (Å²) in [7, 11) is 1.39. The number of amides is 1. The molecule has 0 aliphatic rings. The summed E-state index contributed by atoms with van der Waals surface area (Å²) in [5, 5.41) is 2.89. The summed E-state index contributed by atoms with van der Waals surface area (Å²) in [6.07, 6.45) is 4.84. The first-order valence-corrected chi connectivity index (χ1v) is 9.46. The van der Waals surface area contributed by atoms with E-state index in [0.29, 0.717) is 0 Å². The van der Waals surface area contributed by atoms with Crippen LogP contribution in [0, 0.1) is 6.92 Å². The average Bonchev–Trinajstić information content (AvgIpc) is 2.78. The Morgan fingerprint density at radius 1 is 1.33 bits per heavy atom. The van der Waals surface area contributed by atoms with Crippen molar-refractivity contribution in [3.05, 3.63) is 17.6 Å². The van der Waals surface area contributed by atoms with Crippen molar-refractivity contribution in [3.63, 3.8) is 0 Å². The van der Waals surface area contributed by atoms with Gasteiger partial charge in [-0.15, -0.1) is 0 Å². The highest BCUT2D eigenvalue weighted by Crippen LogP contribution is 2.23. The molecule has 0 radical (unpaired) electrons. The van der Waals surface area contributed by atoms with Gasteiger partial charge in [0.1, 0.15) is 10.7 Å². The van der Waals surface area contributed by atoms with E-state index in [1.54, 1.807) is 0 Å². The lowest BCUT2D eigenvalue weighted by molar-refractivity contribution is 0.0902. The Labute approximate surface area is 130 Å². The summed E-state index contributed by atoms with van der Waals surface area (Å²) in [6, 6.07) is 1.25. The normalized spacial score (nSPS) is 13.1. The van der Waals surface area contributed by atoms with E-state index in [2.05, 4.69) is 19.2 Å². The van der Waals surface area contributed by atoms with Gasteiger partial charge in [-0.2, -0.15) is 0 Å². The number of carbonyl (C=O) groups excluding carboxylic acids is 1. The van der Waals surface area contributed by atoms with Crippen molar-refractivity contribution < 1.29 is 17.6 Å². The van der Waals surface area contributed by atoms with Gasteiger partial charge in [0.25, 0.3) is 15.0 Å². The first-order valence-electron chi connectivity index (χ1n) is 7.15. The highest BCUT2D eigenvalue weighted by Gasteiger charge is 2.23. The molecule has 1 N–H and O–H groups in total. The third-order valence-corrected chi connectivity index (χ3v) is 4.67. The Kier molecular flexibility index (Phi) is 6.74. The van der Waals surface area contributed by atoms with Gasteiger partial charge in [-0.3, -0.25) is 4.79 Å². The Bertz CT molecular complexity index is 580. The molecule has 1 unspecified atom stereocenters. The van der Waals surface area contributed by atoms with E-state index in [-0.39, 0.29) is 22.5 Å². The zero-order valence-electron chi connectivity index (χ0n) is 12.6. The molecule has 1 aromatic rings. The molecule has 0 aromatic carbocycles. The molecular weight excluding hydrogens is 314 g/mol. The number of rotatable bonds is 8. The standard InChI is InChI=1S/C14H22ClNO4S/c1-4-6-8-11(7-5-2)16-14(17)12-9-13(10(3)20-12)21(15,18)19/h9,11H,4-8H2,1-3H3,(H,16,17). The lowest BCUT2D eigenvalue weighted by Gasteiger charge is -2.16. The van der Waals surface area contributed by atoms with Gasteiger partial charge in [0, 0.05) is 22.8 Å². The number of hydrogen-bond acceptors (Lipinski definition) is 4. The number of aryl methyl sites for hydroxylation is 1. The second-order valence-electron chi connectivity index (χ2n) is 5.07. The van der Waals surface area contributed by atoms with E-state index < -0.39 is 15.0 Å². The van der Waals surface area contributed by atoms with Crippen LogP contribution in [-0.4, -0.2) is 20.4 Å². The van der Waals surface area contributed by atoms with Crippen molar-refractivity contribution in [1.82, 2.24) is 5.32 Å². The first-order chi connectivity index (χ1) is 9.79. The molecule has 1 atom stereocenters. The number of unbranched alkanes of at least 4 members (excludes halogenated alkanes) is 1. The van der Waals surface area contributed by atoms with Crippen LogP contribution in [0.15, 0.2) is 15.4 Å². The topological polar surface area (TPSA) is 76.4 Å². The molecule has 0 spiro atoms. The zero-order valence-corrected chi connectivity index (χ0v) is 14.2. The van der Waals surface area contributed by atoms with E-state index >= 15 is 0 Å². The van der Waals surface area contributed by atoms with Crippen molar-refractivity contribution >= 4 is 25.6 Å². The van der Waals surface area contributed by atoms with Gasteiger partial charge in [-0.25, -0.2) is 8.42 Å².